The Labute approximate surface area is 268 Å². The molecule has 0 saturated carbocycles. The maximum Gasteiger partial charge on any atom is 0.408 e. The van der Waals surface area contributed by atoms with Crippen LogP contribution in [0.5, 0.6) is 0 Å². The van der Waals surface area contributed by atoms with Gasteiger partial charge < -0.3 is 35.1 Å². The molecule has 12 nitrogen and oxygen atoms in total. The van der Waals surface area contributed by atoms with Crippen molar-refractivity contribution in [3.63, 3.8) is 0 Å². The highest BCUT2D eigenvalue weighted by atomic mass is 16.6. The molecule has 0 spiro atoms. The Balaban J connectivity index is 1.84. The van der Waals surface area contributed by atoms with Crippen LogP contribution in [0.25, 0.3) is 10.9 Å². The zero-order chi connectivity index (χ0) is 34.0. The number of amides is 3. The van der Waals surface area contributed by atoms with Gasteiger partial charge in [-0.2, -0.15) is 0 Å². The van der Waals surface area contributed by atoms with E-state index >= 15 is 0 Å². The van der Waals surface area contributed by atoms with Crippen LogP contribution < -0.4 is 16.0 Å². The van der Waals surface area contributed by atoms with Crippen molar-refractivity contribution in [2.45, 2.75) is 84.2 Å². The van der Waals surface area contributed by atoms with E-state index in [1.165, 1.54) is 0 Å². The van der Waals surface area contributed by atoms with Gasteiger partial charge in [-0.05, 0) is 56.7 Å². The molecular formula is C34H44N4O8. The standard InChI is InChI=1S/C34H44N4O8/c1-21(2)29(32(42)43)37-30(40)25(17-16-23-19-38(6)27-15-11-10-14-24(23)27)35-31(41)26(18-28(39)46-34(3,4)5)36-33(44)45-20-22-12-8-7-9-13-22/h7-15,19,21,25-26,29H,16-18,20H2,1-6H3,(H,35,41)(H,36,44)(H,37,40)(H,42,43)/t25-,26?,29-/m0/s1. The summed E-state index contributed by atoms with van der Waals surface area (Å²) in [6.45, 7) is 8.25. The summed E-state index contributed by atoms with van der Waals surface area (Å²) in [5, 5.41) is 18.3. The zero-order valence-electron chi connectivity index (χ0n) is 27.2. The fourth-order valence-corrected chi connectivity index (χ4v) is 4.90. The molecule has 3 rings (SSSR count). The van der Waals surface area contributed by atoms with Crippen LogP contribution in [0.1, 0.15) is 58.6 Å². The number of ether oxygens (including phenoxy) is 2. The van der Waals surface area contributed by atoms with Gasteiger partial charge in [-0.3, -0.25) is 14.4 Å². The van der Waals surface area contributed by atoms with Crippen molar-refractivity contribution in [3.8, 4) is 0 Å². The number of fused-ring (bicyclic) bond motifs is 1. The number of alkyl carbamates (subject to hydrolysis) is 1. The summed E-state index contributed by atoms with van der Waals surface area (Å²) in [6, 6.07) is 12.8. The number of carboxylic acid groups (broad SMARTS) is 1. The van der Waals surface area contributed by atoms with Crippen molar-refractivity contribution < 1.29 is 38.6 Å². The predicted octanol–water partition coefficient (Wildman–Crippen LogP) is 3.85. The van der Waals surface area contributed by atoms with Gasteiger partial charge in [-0.25, -0.2) is 9.59 Å². The lowest BCUT2D eigenvalue weighted by Gasteiger charge is -2.26. The molecule has 3 atom stereocenters. The molecule has 0 saturated heterocycles. The number of aliphatic carboxylic acids is 1. The Bertz CT molecular complexity index is 1530. The third-order valence-electron chi connectivity index (χ3n) is 7.16. The lowest BCUT2D eigenvalue weighted by Crippen LogP contribution is -2.57. The Morgan fingerprint density at radius 3 is 2.13 bits per heavy atom. The van der Waals surface area contributed by atoms with Crippen LogP contribution in [0.4, 0.5) is 4.79 Å². The molecule has 0 radical (unpaired) electrons. The summed E-state index contributed by atoms with van der Waals surface area (Å²) in [7, 11) is 1.90. The Hall–Kier alpha value is -4.87. The van der Waals surface area contributed by atoms with E-state index in [1.54, 1.807) is 58.9 Å². The molecule has 1 unspecified atom stereocenters. The molecular weight excluding hydrogens is 592 g/mol. The monoisotopic (exact) mass is 636 g/mol. The zero-order valence-corrected chi connectivity index (χ0v) is 27.2. The van der Waals surface area contributed by atoms with Gasteiger partial charge in [0.15, 0.2) is 0 Å². The van der Waals surface area contributed by atoms with Crippen LogP contribution in [0.15, 0.2) is 60.8 Å². The number of nitrogens with one attached hydrogen (secondary N) is 3. The molecule has 0 fully saturated rings. The Kier molecular flexibility index (Phi) is 12.3. The summed E-state index contributed by atoms with van der Waals surface area (Å²) in [4.78, 5) is 64.5. The first-order chi connectivity index (χ1) is 21.6. The van der Waals surface area contributed by atoms with Crippen molar-refractivity contribution in [1.29, 1.82) is 0 Å². The van der Waals surface area contributed by atoms with Gasteiger partial charge in [0.25, 0.3) is 0 Å². The average molecular weight is 637 g/mol. The number of para-hydroxylation sites is 1. The number of carboxylic acids is 1. The van der Waals surface area contributed by atoms with Gasteiger partial charge in [0.05, 0.1) is 6.42 Å². The molecule has 46 heavy (non-hydrogen) atoms. The summed E-state index contributed by atoms with van der Waals surface area (Å²) < 4.78 is 12.6. The van der Waals surface area contributed by atoms with E-state index in [9.17, 15) is 29.1 Å². The summed E-state index contributed by atoms with van der Waals surface area (Å²) in [5.41, 5.74) is 1.78. The van der Waals surface area contributed by atoms with Crippen molar-refractivity contribution in [2.24, 2.45) is 13.0 Å². The van der Waals surface area contributed by atoms with E-state index in [2.05, 4.69) is 16.0 Å². The third kappa shape index (κ3) is 10.6. The Morgan fingerprint density at radius 1 is 0.870 bits per heavy atom. The minimum atomic E-state index is -1.45. The molecule has 4 N–H and O–H groups in total. The molecule has 3 amide bonds. The third-order valence-corrected chi connectivity index (χ3v) is 7.16. The molecule has 1 aromatic heterocycles. The highest BCUT2D eigenvalue weighted by Crippen LogP contribution is 2.22. The van der Waals surface area contributed by atoms with Gasteiger partial charge in [-0.15, -0.1) is 0 Å². The predicted molar refractivity (Wildman–Crippen MR) is 172 cm³/mol. The molecule has 1 heterocycles. The van der Waals surface area contributed by atoms with Crippen LogP contribution in [0.3, 0.4) is 0 Å². The maximum absolute atomic E-state index is 13.7. The van der Waals surface area contributed by atoms with Gasteiger partial charge in [0, 0.05) is 24.1 Å². The number of carbonyl (C=O) groups excluding carboxylic acids is 4. The molecule has 248 valence electrons. The van der Waals surface area contributed by atoms with E-state index in [0.717, 1.165) is 16.5 Å². The largest absolute Gasteiger partial charge is 0.480 e. The normalized spacial score (nSPS) is 13.4. The smallest absolute Gasteiger partial charge is 0.408 e. The molecule has 2 aromatic carbocycles. The van der Waals surface area contributed by atoms with E-state index in [1.807, 2.05) is 48.1 Å². The summed E-state index contributed by atoms with van der Waals surface area (Å²) >= 11 is 0. The molecule has 0 aliphatic carbocycles. The molecule has 0 aliphatic heterocycles. The quantitative estimate of drug-likeness (QED) is 0.194. The first-order valence-electron chi connectivity index (χ1n) is 15.2. The molecule has 0 aliphatic rings. The fourth-order valence-electron chi connectivity index (χ4n) is 4.90. The second-order valence-electron chi connectivity index (χ2n) is 12.5. The van der Waals surface area contributed by atoms with Crippen molar-refractivity contribution in [2.75, 3.05) is 0 Å². The number of benzene rings is 2. The summed E-state index contributed by atoms with van der Waals surface area (Å²) in [6.07, 6.45) is 0.918. The number of aryl methyl sites for hydroxylation is 2. The molecule has 12 heteroatoms. The van der Waals surface area contributed by atoms with Crippen LogP contribution >= 0.6 is 0 Å². The minimum absolute atomic E-state index is 0.0741. The number of nitrogens with zero attached hydrogens (tertiary/aromatic N) is 1. The van der Waals surface area contributed by atoms with Crippen LogP contribution in [-0.2, 0) is 48.7 Å². The maximum atomic E-state index is 13.7. The summed E-state index contributed by atoms with van der Waals surface area (Å²) in [5.74, 6) is -3.95. The van der Waals surface area contributed by atoms with Gasteiger partial charge in [0.2, 0.25) is 11.8 Å². The number of esters is 1. The number of carbonyl (C=O) groups is 5. The lowest BCUT2D eigenvalue weighted by molar-refractivity contribution is -0.156. The minimum Gasteiger partial charge on any atom is -0.480 e. The first kappa shape index (κ1) is 35.6. The highest BCUT2D eigenvalue weighted by molar-refractivity contribution is 5.94. The second kappa shape index (κ2) is 15.9. The van der Waals surface area contributed by atoms with E-state index in [0.29, 0.717) is 12.0 Å². The topological polar surface area (TPSA) is 165 Å². The second-order valence-corrected chi connectivity index (χ2v) is 12.5. The molecule has 0 bridgehead atoms. The van der Waals surface area contributed by atoms with Crippen LogP contribution in [0, 0.1) is 5.92 Å². The SMILES string of the molecule is CC(C)[C@H](NC(=O)[C@H](CCc1cn(C)c2ccccc12)NC(=O)C(CC(=O)OC(C)(C)C)NC(=O)OCc1ccccc1)C(=O)O. The van der Waals surface area contributed by atoms with Crippen LogP contribution in [-0.4, -0.2) is 63.2 Å². The Morgan fingerprint density at radius 2 is 1.50 bits per heavy atom. The van der Waals surface area contributed by atoms with Crippen molar-refractivity contribution in [3.05, 3.63) is 71.9 Å². The number of hydrogen-bond acceptors (Lipinski definition) is 7. The van der Waals surface area contributed by atoms with Gasteiger partial charge in [0.1, 0.15) is 30.3 Å². The first-order valence-corrected chi connectivity index (χ1v) is 15.2. The van der Waals surface area contributed by atoms with Crippen molar-refractivity contribution >= 4 is 40.7 Å². The average Bonchev–Trinajstić information content (AvgIpc) is 3.30. The lowest BCUT2D eigenvalue weighted by atomic mass is 10.0. The van der Waals surface area contributed by atoms with Gasteiger partial charge in [-0.1, -0.05) is 62.4 Å². The van der Waals surface area contributed by atoms with Crippen molar-refractivity contribution in [1.82, 2.24) is 20.5 Å². The number of hydrogen-bond donors (Lipinski definition) is 4. The van der Waals surface area contributed by atoms with E-state index in [4.69, 9.17) is 9.47 Å². The van der Waals surface area contributed by atoms with Crippen LogP contribution in [0.2, 0.25) is 0 Å². The fraction of sp³-hybridized carbons (Fsp3) is 0.441. The van der Waals surface area contributed by atoms with Gasteiger partial charge >= 0.3 is 18.0 Å². The highest BCUT2D eigenvalue weighted by Gasteiger charge is 2.33. The molecule has 3 aromatic rings. The van der Waals surface area contributed by atoms with E-state index < -0.39 is 65.9 Å². The number of aromatic nitrogens is 1. The van der Waals surface area contributed by atoms with E-state index in [-0.39, 0.29) is 13.0 Å². The number of rotatable bonds is 14.